The highest BCUT2D eigenvalue weighted by molar-refractivity contribution is 6.00. The van der Waals surface area contributed by atoms with Gasteiger partial charge in [-0.25, -0.2) is 0 Å². The van der Waals surface area contributed by atoms with E-state index in [4.69, 9.17) is 0 Å². The predicted molar refractivity (Wildman–Crippen MR) is 169 cm³/mol. The van der Waals surface area contributed by atoms with E-state index in [2.05, 4.69) is 71.6 Å². The van der Waals surface area contributed by atoms with Crippen LogP contribution in [-0.2, 0) is 12.8 Å². The summed E-state index contributed by atoms with van der Waals surface area (Å²) in [6, 6.07) is 17.0. The second-order valence-corrected chi connectivity index (χ2v) is 9.91. The van der Waals surface area contributed by atoms with E-state index in [1.807, 2.05) is 37.2 Å². The summed E-state index contributed by atoms with van der Waals surface area (Å²) in [6.07, 6.45) is 8.02. The summed E-state index contributed by atoms with van der Waals surface area (Å²) < 4.78 is 0. The Bertz CT molecular complexity index is 1310. The molecule has 0 fully saturated rings. The summed E-state index contributed by atoms with van der Waals surface area (Å²) in [5, 5.41) is 4.79. The number of hydrogen-bond acceptors (Lipinski definition) is 3. The molecule has 2 aromatic carbocycles. The number of carbonyl (C=O) groups is 1. The lowest BCUT2D eigenvalue weighted by molar-refractivity contribution is 0.0773. The lowest BCUT2D eigenvalue weighted by Crippen LogP contribution is -2.30. The Labute approximate surface area is 245 Å². The standard InChI is InChI=1S/C32H40N4O.2ClH/c1-5-36(6-2)32(37)26-10-11-30-29(22-26)28(31(35-30)27-20-23(3)19-24(4)21-27)14-18-33-15-8-7-9-25-12-16-34-17-13-25;;/h10-13,16-17,19-22,33,35H,5-9,14-15,18H2,1-4H3;2*1H. The number of H-pyrrole nitrogens is 1. The Morgan fingerprint density at radius 1 is 0.872 bits per heavy atom. The summed E-state index contributed by atoms with van der Waals surface area (Å²) in [4.78, 5) is 22.7. The molecule has 0 bridgehead atoms. The van der Waals surface area contributed by atoms with Crippen LogP contribution in [0.4, 0.5) is 0 Å². The maximum atomic E-state index is 13.1. The van der Waals surface area contributed by atoms with Gasteiger partial charge >= 0.3 is 0 Å². The minimum atomic E-state index is 0. The molecule has 0 radical (unpaired) electrons. The first-order valence-corrected chi connectivity index (χ1v) is 13.6. The molecule has 4 rings (SSSR count). The molecule has 210 valence electrons. The van der Waals surface area contributed by atoms with Gasteiger partial charge in [-0.15, -0.1) is 24.8 Å². The molecule has 2 aromatic heterocycles. The Morgan fingerprint density at radius 2 is 1.56 bits per heavy atom. The van der Waals surface area contributed by atoms with E-state index in [0.29, 0.717) is 13.1 Å². The van der Waals surface area contributed by atoms with E-state index in [1.54, 1.807) is 0 Å². The third kappa shape index (κ3) is 8.31. The Hall–Kier alpha value is -2.86. The fourth-order valence-electron chi connectivity index (χ4n) is 5.17. The molecule has 0 saturated heterocycles. The normalized spacial score (nSPS) is 10.7. The van der Waals surface area contributed by atoms with Gasteiger partial charge in [0, 0.05) is 47.6 Å². The summed E-state index contributed by atoms with van der Waals surface area (Å²) >= 11 is 0. The van der Waals surface area contributed by atoms with Crippen molar-refractivity contribution in [3.63, 3.8) is 0 Å². The first-order valence-electron chi connectivity index (χ1n) is 13.6. The average molecular weight is 570 g/mol. The third-order valence-corrected chi connectivity index (χ3v) is 7.08. The van der Waals surface area contributed by atoms with Gasteiger partial charge in [0.1, 0.15) is 0 Å². The van der Waals surface area contributed by atoms with Crippen LogP contribution in [0, 0.1) is 13.8 Å². The maximum Gasteiger partial charge on any atom is 0.253 e. The number of unbranched alkanes of at least 4 members (excludes halogenated alkanes) is 1. The maximum absolute atomic E-state index is 13.1. The molecule has 0 aliphatic carbocycles. The van der Waals surface area contributed by atoms with Crippen LogP contribution in [0.15, 0.2) is 60.9 Å². The molecule has 1 amide bonds. The number of hydrogen-bond donors (Lipinski definition) is 2. The van der Waals surface area contributed by atoms with Crippen LogP contribution >= 0.6 is 24.8 Å². The number of nitrogens with zero attached hydrogens (tertiary/aromatic N) is 2. The highest BCUT2D eigenvalue weighted by Gasteiger charge is 2.18. The van der Waals surface area contributed by atoms with E-state index in [1.165, 1.54) is 27.8 Å². The lowest BCUT2D eigenvalue weighted by atomic mass is 9.98. The van der Waals surface area contributed by atoms with Gasteiger partial charge in [-0.1, -0.05) is 17.2 Å². The number of aryl methyl sites for hydroxylation is 3. The minimum Gasteiger partial charge on any atom is -0.354 e. The smallest absolute Gasteiger partial charge is 0.253 e. The van der Waals surface area contributed by atoms with Crippen LogP contribution in [0.2, 0.25) is 0 Å². The van der Waals surface area contributed by atoms with Crippen molar-refractivity contribution in [1.29, 1.82) is 0 Å². The fourth-order valence-corrected chi connectivity index (χ4v) is 5.17. The quantitative estimate of drug-likeness (QED) is 0.176. The van der Waals surface area contributed by atoms with E-state index >= 15 is 0 Å². The largest absolute Gasteiger partial charge is 0.354 e. The van der Waals surface area contributed by atoms with Crippen LogP contribution in [-0.4, -0.2) is 47.0 Å². The van der Waals surface area contributed by atoms with Crippen molar-refractivity contribution in [2.75, 3.05) is 26.2 Å². The topological polar surface area (TPSA) is 61.0 Å². The molecule has 2 heterocycles. The van der Waals surface area contributed by atoms with Crippen LogP contribution in [0.5, 0.6) is 0 Å². The molecule has 0 unspecified atom stereocenters. The zero-order valence-electron chi connectivity index (χ0n) is 23.5. The summed E-state index contributed by atoms with van der Waals surface area (Å²) in [6.45, 7) is 11.7. The number of nitrogens with one attached hydrogen (secondary N) is 2. The highest BCUT2D eigenvalue weighted by atomic mass is 35.5. The predicted octanol–water partition coefficient (Wildman–Crippen LogP) is 7.33. The van der Waals surface area contributed by atoms with Gasteiger partial charge in [0.25, 0.3) is 5.91 Å². The van der Waals surface area contributed by atoms with Gasteiger partial charge in [0.05, 0.1) is 0 Å². The van der Waals surface area contributed by atoms with Crippen LogP contribution in [0.3, 0.4) is 0 Å². The zero-order valence-corrected chi connectivity index (χ0v) is 25.2. The number of fused-ring (bicyclic) bond motifs is 1. The van der Waals surface area contributed by atoms with Crippen LogP contribution in [0.25, 0.3) is 22.2 Å². The molecular weight excluding hydrogens is 527 g/mol. The third-order valence-electron chi connectivity index (χ3n) is 7.08. The number of halogens is 2. The first kappa shape index (κ1) is 32.4. The molecule has 7 heteroatoms. The van der Waals surface area contributed by atoms with Crippen molar-refractivity contribution in [2.45, 2.75) is 53.4 Å². The van der Waals surface area contributed by atoms with Gasteiger partial charge in [0.15, 0.2) is 0 Å². The van der Waals surface area contributed by atoms with Crippen molar-refractivity contribution < 1.29 is 4.79 Å². The summed E-state index contributed by atoms with van der Waals surface area (Å²) in [7, 11) is 0. The van der Waals surface area contributed by atoms with Crippen LogP contribution in [0.1, 0.15) is 59.3 Å². The number of rotatable bonds is 12. The Kier molecular flexibility index (Phi) is 13.0. The van der Waals surface area contributed by atoms with E-state index in [-0.39, 0.29) is 30.7 Å². The van der Waals surface area contributed by atoms with Crippen molar-refractivity contribution in [3.8, 4) is 11.3 Å². The molecule has 0 aliphatic heterocycles. The molecule has 0 saturated carbocycles. The Morgan fingerprint density at radius 3 is 2.23 bits per heavy atom. The van der Waals surface area contributed by atoms with E-state index in [9.17, 15) is 4.79 Å². The zero-order chi connectivity index (χ0) is 26.2. The monoisotopic (exact) mass is 568 g/mol. The van der Waals surface area contributed by atoms with Gasteiger partial charge in [-0.3, -0.25) is 9.78 Å². The Balaban J connectivity index is 0.00000267. The van der Waals surface area contributed by atoms with E-state index in [0.717, 1.165) is 60.9 Å². The van der Waals surface area contributed by atoms with Crippen molar-refractivity contribution in [3.05, 3.63) is 88.7 Å². The molecule has 0 spiro atoms. The first-order chi connectivity index (χ1) is 18.0. The van der Waals surface area contributed by atoms with Crippen molar-refractivity contribution in [1.82, 2.24) is 20.2 Å². The van der Waals surface area contributed by atoms with Crippen molar-refractivity contribution >= 4 is 41.6 Å². The lowest BCUT2D eigenvalue weighted by Gasteiger charge is -2.18. The van der Waals surface area contributed by atoms with Crippen molar-refractivity contribution in [2.24, 2.45) is 0 Å². The summed E-state index contributed by atoms with van der Waals surface area (Å²) in [5.41, 5.74) is 9.34. The number of aromatic amines is 1. The molecule has 0 aliphatic rings. The summed E-state index contributed by atoms with van der Waals surface area (Å²) in [5.74, 6) is 0.0966. The highest BCUT2D eigenvalue weighted by Crippen LogP contribution is 2.32. The number of amides is 1. The SMILES string of the molecule is CCN(CC)C(=O)c1ccc2[nH]c(-c3cc(C)cc(C)c3)c(CCNCCCCc3ccncc3)c2c1.Cl.Cl. The van der Waals surface area contributed by atoms with Gasteiger partial charge in [-0.2, -0.15) is 0 Å². The molecule has 4 aromatic rings. The molecule has 2 N–H and O–H groups in total. The minimum absolute atomic E-state index is 0. The number of pyridine rings is 1. The van der Waals surface area contributed by atoms with Gasteiger partial charge < -0.3 is 15.2 Å². The average Bonchev–Trinajstić information content (AvgIpc) is 3.26. The number of aromatic nitrogens is 2. The molecular formula is C32H42Cl2N4O. The molecule has 5 nitrogen and oxygen atoms in total. The number of carbonyl (C=O) groups excluding carboxylic acids is 1. The van der Waals surface area contributed by atoms with Crippen LogP contribution < -0.4 is 5.32 Å². The molecule has 0 atom stereocenters. The van der Waals surface area contributed by atoms with Gasteiger partial charge in [0.2, 0.25) is 0 Å². The van der Waals surface area contributed by atoms with E-state index < -0.39 is 0 Å². The molecule has 39 heavy (non-hydrogen) atoms. The second kappa shape index (κ2) is 15.7. The van der Waals surface area contributed by atoms with Gasteiger partial charge in [-0.05, 0) is 126 Å². The fraction of sp³-hybridized carbons (Fsp3) is 0.375. The number of benzene rings is 2. The second-order valence-electron chi connectivity index (χ2n) is 9.91.